The smallest absolute Gasteiger partial charge is 0.282 e. The molecule has 11 heteroatoms. The van der Waals surface area contributed by atoms with E-state index in [1.807, 2.05) is 31.2 Å². The van der Waals surface area contributed by atoms with Gasteiger partial charge in [-0.05, 0) is 67.1 Å². The van der Waals surface area contributed by atoms with Crippen molar-refractivity contribution in [3.63, 3.8) is 0 Å². The number of para-hydroxylation sites is 1. The van der Waals surface area contributed by atoms with Crippen molar-refractivity contribution in [1.29, 1.82) is 0 Å². The third kappa shape index (κ3) is 5.84. The fourth-order valence-electron chi connectivity index (χ4n) is 4.69. The van der Waals surface area contributed by atoms with Crippen LogP contribution < -0.4 is 19.8 Å². The first-order valence-corrected chi connectivity index (χ1v) is 14.7. The van der Waals surface area contributed by atoms with E-state index in [9.17, 15) is 4.79 Å². The quantitative estimate of drug-likeness (QED) is 0.146. The molecule has 0 atom stereocenters. The minimum atomic E-state index is -0.370. The predicted molar refractivity (Wildman–Crippen MR) is 174 cm³/mol. The Balaban J connectivity index is 1.41. The summed E-state index contributed by atoms with van der Waals surface area (Å²) in [5.41, 5.74) is 2.02. The molecule has 0 N–H and O–H groups in total. The summed E-state index contributed by atoms with van der Waals surface area (Å²) in [6.45, 7) is 2.36. The van der Waals surface area contributed by atoms with Crippen molar-refractivity contribution in [3.8, 4) is 28.8 Å². The molecule has 2 aromatic heterocycles. The largest absolute Gasteiger partial charge is 0.496 e. The van der Waals surface area contributed by atoms with Crippen molar-refractivity contribution in [3.05, 3.63) is 115 Å². The number of furan rings is 1. The zero-order chi connectivity index (χ0) is 30.8. The zero-order valence-electron chi connectivity index (χ0n) is 23.5. The van der Waals surface area contributed by atoms with Gasteiger partial charge in [0, 0.05) is 15.6 Å². The summed E-state index contributed by atoms with van der Waals surface area (Å²) < 4.78 is 24.7. The number of hydrogen-bond acceptors (Lipinski definition) is 7. The summed E-state index contributed by atoms with van der Waals surface area (Å²) >= 11 is 19.0. The summed E-state index contributed by atoms with van der Waals surface area (Å²) in [7, 11) is 1.58. The number of methoxy groups -OCH3 is 1. The van der Waals surface area contributed by atoms with Gasteiger partial charge in [-0.3, -0.25) is 4.79 Å². The monoisotopic (exact) mass is 647 g/mol. The molecule has 44 heavy (non-hydrogen) atoms. The van der Waals surface area contributed by atoms with E-state index in [2.05, 4.69) is 5.10 Å². The van der Waals surface area contributed by atoms with Crippen molar-refractivity contribution in [2.24, 2.45) is 5.10 Å². The first kappa shape index (κ1) is 29.6. The normalized spacial score (nSPS) is 11.5. The van der Waals surface area contributed by atoms with Gasteiger partial charge < -0.3 is 18.6 Å². The Labute approximate surface area is 267 Å². The molecule has 0 unspecified atom stereocenters. The third-order valence-electron chi connectivity index (χ3n) is 6.76. The van der Waals surface area contributed by atoms with Crippen LogP contribution in [0, 0.1) is 0 Å². The lowest BCUT2D eigenvalue weighted by Gasteiger charge is -2.15. The number of rotatable bonds is 9. The predicted octanol–water partition coefficient (Wildman–Crippen LogP) is 8.64. The lowest BCUT2D eigenvalue weighted by atomic mass is 10.2. The Kier molecular flexibility index (Phi) is 8.48. The molecule has 0 aliphatic rings. The number of benzene rings is 4. The molecular weight excluding hydrogens is 625 g/mol. The van der Waals surface area contributed by atoms with Crippen LogP contribution in [0.5, 0.6) is 17.2 Å². The minimum Gasteiger partial charge on any atom is -0.496 e. The molecule has 0 aliphatic carbocycles. The molecule has 6 rings (SSSR count). The second-order valence-electron chi connectivity index (χ2n) is 9.58. The van der Waals surface area contributed by atoms with Crippen LogP contribution in [-0.2, 0) is 6.61 Å². The van der Waals surface area contributed by atoms with Crippen LogP contribution >= 0.6 is 34.8 Å². The minimum absolute atomic E-state index is 0.146. The molecule has 222 valence electrons. The third-order valence-corrected chi connectivity index (χ3v) is 7.62. The molecule has 0 saturated carbocycles. The second-order valence-corrected chi connectivity index (χ2v) is 10.8. The van der Waals surface area contributed by atoms with Gasteiger partial charge in [0.15, 0.2) is 17.3 Å². The molecule has 0 spiro atoms. The maximum Gasteiger partial charge on any atom is 0.282 e. The molecule has 0 fully saturated rings. The molecule has 0 bridgehead atoms. The standard InChI is InChI=1S/C33H24Cl3N3O5/c1-3-42-29-14-19(13-25(36)31(29)43-18-20-11-12-21(34)15-24(20)35)17-37-39-32(38-26-8-5-4-7-22(26)33(39)40)30-16-23-27(41-2)9-6-10-28(23)44-30/h4-17H,3,18H2,1-2H3. The summed E-state index contributed by atoms with van der Waals surface area (Å²) in [5, 5.41) is 6.98. The molecule has 8 nitrogen and oxygen atoms in total. The Morgan fingerprint density at radius 1 is 0.909 bits per heavy atom. The van der Waals surface area contributed by atoms with E-state index in [-0.39, 0.29) is 23.0 Å². The zero-order valence-corrected chi connectivity index (χ0v) is 25.8. The number of halogens is 3. The van der Waals surface area contributed by atoms with E-state index < -0.39 is 0 Å². The number of aromatic nitrogens is 2. The van der Waals surface area contributed by atoms with Crippen molar-refractivity contribution in [2.75, 3.05) is 13.7 Å². The average molecular weight is 649 g/mol. The Hall–Kier alpha value is -4.50. The number of fused-ring (bicyclic) bond motifs is 2. The van der Waals surface area contributed by atoms with Gasteiger partial charge >= 0.3 is 0 Å². The number of nitrogens with zero attached hydrogens (tertiary/aromatic N) is 3. The maximum absolute atomic E-state index is 13.7. The van der Waals surface area contributed by atoms with Gasteiger partial charge in [-0.15, -0.1) is 0 Å². The van der Waals surface area contributed by atoms with Crippen molar-refractivity contribution in [2.45, 2.75) is 13.5 Å². The summed E-state index contributed by atoms with van der Waals surface area (Å²) in [6, 6.07) is 22.9. The highest BCUT2D eigenvalue weighted by Gasteiger charge is 2.19. The summed E-state index contributed by atoms with van der Waals surface area (Å²) in [4.78, 5) is 18.4. The van der Waals surface area contributed by atoms with Crippen LogP contribution in [0.3, 0.4) is 0 Å². The molecule has 0 saturated heterocycles. The van der Waals surface area contributed by atoms with Gasteiger partial charge in [-0.25, -0.2) is 4.98 Å². The van der Waals surface area contributed by atoms with Crippen LogP contribution in [0.1, 0.15) is 18.1 Å². The van der Waals surface area contributed by atoms with E-state index in [0.717, 1.165) is 10.9 Å². The van der Waals surface area contributed by atoms with E-state index in [0.29, 0.717) is 61.7 Å². The van der Waals surface area contributed by atoms with Gasteiger partial charge in [0.05, 0.1) is 41.2 Å². The first-order chi connectivity index (χ1) is 21.4. The maximum atomic E-state index is 13.7. The van der Waals surface area contributed by atoms with Gasteiger partial charge in [0.25, 0.3) is 5.56 Å². The molecule has 0 amide bonds. The topological polar surface area (TPSA) is 88.1 Å². The van der Waals surface area contributed by atoms with Crippen LogP contribution in [0.4, 0.5) is 0 Å². The Morgan fingerprint density at radius 3 is 2.55 bits per heavy atom. The highest BCUT2D eigenvalue weighted by molar-refractivity contribution is 6.35. The van der Waals surface area contributed by atoms with Crippen LogP contribution in [0.2, 0.25) is 15.1 Å². The molecular formula is C33H24Cl3N3O5. The van der Waals surface area contributed by atoms with Crippen molar-refractivity contribution < 1.29 is 18.6 Å². The van der Waals surface area contributed by atoms with E-state index >= 15 is 0 Å². The average Bonchev–Trinajstić information content (AvgIpc) is 3.46. The molecule has 0 radical (unpaired) electrons. The molecule has 2 heterocycles. The second kappa shape index (κ2) is 12.6. The fourth-order valence-corrected chi connectivity index (χ4v) is 5.43. The summed E-state index contributed by atoms with van der Waals surface area (Å²) in [5.74, 6) is 1.95. The van der Waals surface area contributed by atoms with Crippen LogP contribution in [-0.4, -0.2) is 29.6 Å². The van der Waals surface area contributed by atoms with Crippen molar-refractivity contribution in [1.82, 2.24) is 9.66 Å². The number of ether oxygens (including phenoxy) is 3. The van der Waals surface area contributed by atoms with E-state index in [4.69, 9.17) is 58.4 Å². The summed E-state index contributed by atoms with van der Waals surface area (Å²) in [6.07, 6.45) is 1.50. The number of hydrogen-bond donors (Lipinski definition) is 0. The molecule has 4 aromatic carbocycles. The molecule has 6 aromatic rings. The Bertz CT molecular complexity index is 2110. The highest BCUT2D eigenvalue weighted by atomic mass is 35.5. The van der Waals surface area contributed by atoms with Gasteiger partial charge in [-0.1, -0.05) is 59.1 Å². The highest BCUT2D eigenvalue weighted by Crippen LogP contribution is 2.38. The van der Waals surface area contributed by atoms with E-state index in [1.54, 1.807) is 61.7 Å². The Morgan fingerprint density at radius 2 is 1.75 bits per heavy atom. The van der Waals surface area contributed by atoms with Gasteiger partial charge in [0.2, 0.25) is 5.82 Å². The van der Waals surface area contributed by atoms with E-state index in [1.165, 1.54) is 10.9 Å². The van der Waals surface area contributed by atoms with Crippen LogP contribution in [0.25, 0.3) is 33.5 Å². The van der Waals surface area contributed by atoms with Gasteiger partial charge in [0.1, 0.15) is 17.9 Å². The fraction of sp³-hybridized carbons (Fsp3) is 0.121. The SMILES string of the molecule is CCOc1cc(C=Nn2c(-c3cc4c(OC)cccc4o3)nc3ccccc3c2=O)cc(Cl)c1OCc1ccc(Cl)cc1Cl. The molecule has 0 aliphatic heterocycles. The van der Waals surface area contributed by atoms with Crippen molar-refractivity contribution >= 4 is 62.9 Å². The van der Waals surface area contributed by atoms with Gasteiger partial charge in [-0.2, -0.15) is 9.78 Å². The lowest BCUT2D eigenvalue weighted by molar-refractivity contribution is 0.269. The first-order valence-electron chi connectivity index (χ1n) is 13.5. The lowest BCUT2D eigenvalue weighted by Crippen LogP contribution is -2.20. The van der Waals surface area contributed by atoms with Crippen LogP contribution in [0.15, 0.2) is 93.2 Å².